The van der Waals surface area contributed by atoms with Crippen molar-refractivity contribution < 1.29 is 4.42 Å². The zero-order valence-corrected chi connectivity index (χ0v) is 44.5. The van der Waals surface area contributed by atoms with Gasteiger partial charge in [-0.25, -0.2) is 0 Å². The lowest BCUT2D eigenvalue weighted by Crippen LogP contribution is -2.61. The highest BCUT2D eigenvalue weighted by Gasteiger charge is 2.45. The monoisotopic (exact) mass is 996 g/mol. The molecule has 0 amide bonds. The van der Waals surface area contributed by atoms with Crippen LogP contribution in [0.5, 0.6) is 0 Å². The van der Waals surface area contributed by atoms with Crippen molar-refractivity contribution in [1.29, 1.82) is 0 Å². The van der Waals surface area contributed by atoms with Gasteiger partial charge in [0.2, 0.25) is 0 Å². The predicted octanol–water partition coefficient (Wildman–Crippen LogP) is 16.4. The minimum Gasteiger partial charge on any atom is -0.456 e. The average Bonchev–Trinajstić information content (AvgIpc) is 4.09. The molecule has 0 saturated heterocycles. The first-order chi connectivity index (χ1) is 37.3. The molecule has 14 rings (SSSR count). The number of hydrogen-bond acceptors (Lipinski definition) is 6. The smallest absolute Gasteiger partial charge is 0.252 e. The van der Waals surface area contributed by atoms with Gasteiger partial charge in [-0.05, 0) is 160 Å². The van der Waals surface area contributed by atoms with Crippen LogP contribution in [-0.4, -0.2) is 21.7 Å². The van der Waals surface area contributed by atoms with Crippen LogP contribution in [0.4, 0.5) is 51.2 Å². The molecule has 0 spiro atoms. The molecule has 12 aromatic rings. The minimum atomic E-state index is -0.200. The highest BCUT2D eigenvalue weighted by atomic mass is 16.3. The summed E-state index contributed by atoms with van der Waals surface area (Å²) in [6.45, 7) is 15.7. The Labute approximate surface area is 450 Å². The van der Waals surface area contributed by atoms with E-state index in [1.165, 1.54) is 22.1 Å². The molecule has 10 aromatic carbocycles. The zero-order chi connectivity index (χ0) is 52.3. The van der Waals surface area contributed by atoms with Crippen LogP contribution in [0, 0.1) is 6.92 Å². The predicted molar refractivity (Wildman–Crippen MR) is 322 cm³/mol. The Balaban J connectivity index is 1.10. The van der Waals surface area contributed by atoms with E-state index in [0.717, 1.165) is 112 Å². The van der Waals surface area contributed by atoms with Crippen LogP contribution in [-0.2, 0) is 10.8 Å². The topological polar surface area (TPSA) is 53.6 Å². The summed E-state index contributed by atoms with van der Waals surface area (Å²) < 4.78 is 6.51. The van der Waals surface area contributed by atoms with E-state index in [4.69, 9.17) is 14.6 Å². The number of anilines is 9. The van der Waals surface area contributed by atoms with Gasteiger partial charge in [0, 0.05) is 61.8 Å². The van der Waals surface area contributed by atoms with E-state index in [1.54, 1.807) is 4.80 Å². The second kappa shape index (κ2) is 17.5. The van der Waals surface area contributed by atoms with Gasteiger partial charge >= 0.3 is 0 Å². The van der Waals surface area contributed by atoms with Crippen molar-refractivity contribution in [3.05, 3.63) is 235 Å². The van der Waals surface area contributed by atoms with Crippen molar-refractivity contribution >= 4 is 107 Å². The standard InChI is InChI=1S/C69H57BN6O/c1-44-37-63-67-64(38-44)75(52-35-36-66-55(39-52)53-25-17-18-26-65(53)77-66)62-43-60(73(49-31-27-46(28-32-49)68(2,3)4)50-33-29-47(30-34-50)69(5,6)7)54(45-19-11-8-12-20-45)40-56(62)70(67)57-41-58-59(72-76(71-58)51-23-15-10-16-24-51)42-61(57)74(63)48-21-13-9-14-22-48/h8-43H,1-7H3. The molecule has 0 N–H and O–H groups in total. The molecular weight excluding hydrogens is 940 g/mol. The van der Waals surface area contributed by atoms with Crippen molar-refractivity contribution in [1.82, 2.24) is 15.0 Å². The Hall–Kier alpha value is -9.14. The van der Waals surface area contributed by atoms with E-state index < -0.39 is 0 Å². The number of rotatable bonds is 7. The maximum Gasteiger partial charge on any atom is 0.252 e. The van der Waals surface area contributed by atoms with E-state index in [-0.39, 0.29) is 17.5 Å². The van der Waals surface area contributed by atoms with Crippen LogP contribution >= 0.6 is 0 Å². The van der Waals surface area contributed by atoms with Gasteiger partial charge in [-0.1, -0.05) is 157 Å². The molecule has 4 heterocycles. The molecule has 2 aromatic heterocycles. The van der Waals surface area contributed by atoms with Gasteiger partial charge in [-0.3, -0.25) is 0 Å². The molecule has 0 radical (unpaired) electrons. The molecule has 7 nitrogen and oxygen atoms in total. The lowest BCUT2D eigenvalue weighted by atomic mass is 9.33. The minimum absolute atomic E-state index is 0.0151. The summed E-state index contributed by atoms with van der Waals surface area (Å²) in [5, 5.41) is 12.5. The number of aromatic nitrogens is 3. The largest absolute Gasteiger partial charge is 0.456 e. The van der Waals surface area contributed by atoms with Crippen LogP contribution in [0.25, 0.3) is 49.8 Å². The fourth-order valence-electron chi connectivity index (χ4n) is 11.9. The lowest BCUT2D eigenvalue weighted by Gasteiger charge is -2.45. The van der Waals surface area contributed by atoms with E-state index in [9.17, 15) is 0 Å². The summed E-state index contributed by atoms with van der Waals surface area (Å²) in [6.07, 6.45) is 0. The molecule has 0 fully saturated rings. The number of fused-ring (bicyclic) bond motifs is 8. The zero-order valence-electron chi connectivity index (χ0n) is 44.5. The summed E-state index contributed by atoms with van der Waals surface area (Å²) in [5.74, 6) is 0. The molecule has 0 atom stereocenters. The fourth-order valence-corrected chi connectivity index (χ4v) is 11.9. The molecule has 2 aliphatic heterocycles. The van der Waals surface area contributed by atoms with Gasteiger partial charge < -0.3 is 19.1 Å². The number of benzene rings is 10. The first-order valence-corrected chi connectivity index (χ1v) is 26.8. The van der Waals surface area contributed by atoms with E-state index in [1.807, 2.05) is 24.3 Å². The Morgan fingerprint density at radius 1 is 0.442 bits per heavy atom. The second-order valence-electron chi connectivity index (χ2n) is 22.9. The SMILES string of the molecule is Cc1cc2c3c(c1)N(c1ccccc1)c1cc4nn(-c5ccccc5)nc4cc1B3c1cc(-c3ccccc3)c(N(c3ccc(C(C)(C)C)cc3)c3ccc(C(C)(C)C)cc3)cc1N2c1ccc2oc3ccccc3c2c1. The van der Waals surface area contributed by atoms with Gasteiger partial charge in [0.05, 0.1) is 11.4 Å². The summed E-state index contributed by atoms with van der Waals surface area (Å²) in [4.78, 5) is 9.22. The Kier molecular flexibility index (Phi) is 10.5. The second-order valence-corrected chi connectivity index (χ2v) is 22.9. The van der Waals surface area contributed by atoms with Crippen LogP contribution in [0.2, 0.25) is 0 Å². The Morgan fingerprint density at radius 3 is 1.58 bits per heavy atom. The normalized spacial score (nSPS) is 13.1. The first-order valence-electron chi connectivity index (χ1n) is 26.8. The van der Waals surface area contributed by atoms with Gasteiger partial charge in [0.1, 0.15) is 22.2 Å². The maximum absolute atomic E-state index is 6.51. The average molecular weight is 997 g/mol. The van der Waals surface area contributed by atoms with E-state index in [2.05, 4.69) is 257 Å². The Morgan fingerprint density at radius 2 is 0.961 bits per heavy atom. The fraction of sp³-hybridized carbons (Fsp3) is 0.130. The molecule has 0 bridgehead atoms. The third kappa shape index (κ3) is 7.72. The summed E-state index contributed by atoms with van der Waals surface area (Å²) in [7, 11) is 0. The van der Waals surface area contributed by atoms with Crippen molar-refractivity contribution in [3.8, 4) is 16.8 Å². The summed E-state index contributed by atoms with van der Waals surface area (Å²) in [6, 6.07) is 79.7. The number of aryl methyl sites for hydroxylation is 1. The number of furan rings is 1. The molecule has 77 heavy (non-hydrogen) atoms. The highest BCUT2D eigenvalue weighted by Crippen LogP contribution is 2.50. The molecule has 0 unspecified atom stereocenters. The maximum atomic E-state index is 6.51. The summed E-state index contributed by atoms with van der Waals surface area (Å²) in [5.41, 5.74) is 23.6. The molecular formula is C69H57BN6O. The van der Waals surface area contributed by atoms with Crippen molar-refractivity contribution in [2.45, 2.75) is 59.3 Å². The van der Waals surface area contributed by atoms with Crippen LogP contribution in [0.15, 0.2) is 223 Å². The quantitative estimate of drug-likeness (QED) is 0.148. The lowest BCUT2D eigenvalue weighted by molar-refractivity contribution is 0.590. The number of nitrogens with zero attached hydrogens (tertiary/aromatic N) is 6. The van der Waals surface area contributed by atoms with Crippen molar-refractivity contribution in [2.75, 3.05) is 14.7 Å². The van der Waals surface area contributed by atoms with Crippen LogP contribution in [0.3, 0.4) is 0 Å². The van der Waals surface area contributed by atoms with Gasteiger partial charge in [0.25, 0.3) is 6.71 Å². The van der Waals surface area contributed by atoms with Crippen LogP contribution in [0.1, 0.15) is 58.2 Å². The van der Waals surface area contributed by atoms with Gasteiger partial charge in [-0.15, -0.1) is 10.2 Å². The van der Waals surface area contributed by atoms with Crippen LogP contribution < -0.4 is 31.1 Å². The van der Waals surface area contributed by atoms with Gasteiger partial charge in [-0.2, -0.15) is 4.80 Å². The molecule has 372 valence electrons. The molecule has 0 saturated carbocycles. The Bertz CT molecular complexity index is 4190. The van der Waals surface area contributed by atoms with E-state index in [0.29, 0.717) is 0 Å². The van der Waals surface area contributed by atoms with Crippen molar-refractivity contribution in [2.24, 2.45) is 0 Å². The van der Waals surface area contributed by atoms with Gasteiger partial charge in [0.15, 0.2) is 0 Å². The molecule has 8 heteroatoms. The third-order valence-electron chi connectivity index (χ3n) is 15.8. The van der Waals surface area contributed by atoms with Crippen molar-refractivity contribution in [3.63, 3.8) is 0 Å². The third-order valence-corrected chi connectivity index (χ3v) is 15.8. The number of para-hydroxylation sites is 3. The molecule has 0 aliphatic carbocycles. The summed E-state index contributed by atoms with van der Waals surface area (Å²) >= 11 is 0. The number of hydrogen-bond donors (Lipinski definition) is 0. The van der Waals surface area contributed by atoms with E-state index >= 15 is 0 Å². The molecule has 2 aliphatic rings. The highest BCUT2D eigenvalue weighted by molar-refractivity contribution is 7.00. The first kappa shape index (κ1) is 46.4.